The molecule has 3 rings (SSSR count). The maximum atomic E-state index is 14.1. The van der Waals surface area contributed by atoms with E-state index in [1.54, 1.807) is 0 Å². The summed E-state index contributed by atoms with van der Waals surface area (Å²) in [6.45, 7) is 1.53. The van der Waals surface area contributed by atoms with E-state index >= 15 is 0 Å². The molecule has 1 unspecified atom stereocenters. The van der Waals surface area contributed by atoms with Gasteiger partial charge < -0.3 is 5.73 Å². The maximum Gasteiger partial charge on any atom is 0.128 e. The minimum atomic E-state index is -0.703. The molecule has 0 fully saturated rings. The van der Waals surface area contributed by atoms with Crippen LogP contribution < -0.4 is 5.73 Å². The summed E-state index contributed by atoms with van der Waals surface area (Å²) in [5, 5.41) is 1.98. The van der Waals surface area contributed by atoms with Crippen molar-refractivity contribution in [3.05, 3.63) is 82.9 Å². The van der Waals surface area contributed by atoms with Crippen molar-refractivity contribution in [1.82, 2.24) is 0 Å². The Balaban J connectivity index is 2.17. The molecule has 2 N–H and O–H groups in total. The van der Waals surface area contributed by atoms with Crippen molar-refractivity contribution in [3.8, 4) is 0 Å². The lowest BCUT2D eigenvalue weighted by Gasteiger charge is -2.16. The molecule has 0 aliphatic rings. The van der Waals surface area contributed by atoms with Gasteiger partial charge in [-0.1, -0.05) is 42.5 Å². The van der Waals surface area contributed by atoms with Crippen LogP contribution in [0.5, 0.6) is 0 Å². The Morgan fingerprint density at radius 2 is 1.57 bits per heavy atom. The van der Waals surface area contributed by atoms with Crippen LogP contribution in [0.4, 0.5) is 8.78 Å². The number of aryl methyl sites for hydroxylation is 1. The molecule has 0 amide bonds. The van der Waals surface area contributed by atoms with Crippen LogP contribution in [0.25, 0.3) is 10.8 Å². The third-order valence-electron chi connectivity index (χ3n) is 3.77. The maximum absolute atomic E-state index is 14.1. The average molecular weight is 283 g/mol. The van der Waals surface area contributed by atoms with Gasteiger partial charge in [0.15, 0.2) is 0 Å². The van der Waals surface area contributed by atoms with Gasteiger partial charge in [0, 0.05) is 5.56 Å². The molecule has 0 saturated carbocycles. The van der Waals surface area contributed by atoms with E-state index in [1.165, 1.54) is 19.1 Å². The van der Waals surface area contributed by atoms with Gasteiger partial charge in [-0.2, -0.15) is 0 Å². The molecule has 0 radical (unpaired) electrons. The molecular weight excluding hydrogens is 268 g/mol. The number of hydrogen-bond acceptors (Lipinski definition) is 1. The highest BCUT2D eigenvalue weighted by Crippen LogP contribution is 2.29. The first-order valence-corrected chi connectivity index (χ1v) is 6.76. The summed E-state index contributed by atoms with van der Waals surface area (Å²) in [6.07, 6.45) is 0. The summed E-state index contributed by atoms with van der Waals surface area (Å²) < 4.78 is 27.8. The van der Waals surface area contributed by atoms with Crippen molar-refractivity contribution >= 4 is 10.8 Å². The zero-order valence-corrected chi connectivity index (χ0v) is 11.6. The lowest BCUT2D eigenvalue weighted by atomic mass is 9.93. The van der Waals surface area contributed by atoms with E-state index in [9.17, 15) is 8.78 Å². The molecule has 1 atom stereocenters. The SMILES string of the molecule is Cc1cc(F)c(C(N)c2cccc3ccccc23)cc1F. The average Bonchev–Trinajstić information content (AvgIpc) is 2.49. The van der Waals surface area contributed by atoms with E-state index in [-0.39, 0.29) is 11.1 Å². The Hall–Kier alpha value is -2.26. The Labute approximate surface area is 122 Å². The van der Waals surface area contributed by atoms with E-state index in [0.29, 0.717) is 0 Å². The van der Waals surface area contributed by atoms with E-state index in [1.807, 2.05) is 42.5 Å². The smallest absolute Gasteiger partial charge is 0.128 e. The van der Waals surface area contributed by atoms with Crippen molar-refractivity contribution in [1.29, 1.82) is 0 Å². The molecule has 3 aromatic rings. The second-order valence-corrected chi connectivity index (χ2v) is 5.17. The molecule has 0 aliphatic carbocycles. The zero-order valence-electron chi connectivity index (χ0n) is 11.6. The first-order chi connectivity index (χ1) is 10.1. The number of nitrogens with two attached hydrogens (primary N) is 1. The highest BCUT2D eigenvalue weighted by Gasteiger charge is 2.17. The Morgan fingerprint density at radius 1 is 0.857 bits per heavy atom. The molecule has 21 heavy (non-hydrogen) atoms. The summed E-state index contributed by atoms with van der Waals surface area (Å²) in [6, 6.07) is 15.1. The molecule has 106 valence electrons. The highest BCUT2D eigenvalue weighted by molar-refractivity contribution is 5.86. The van der Waals surface area contributed by atoms with Gasteiger partial charge in [-0.25, -0.2) is 8.78 Å². The van der Waals surface area contributed by atoms with Gasteiger partial charge in [-0.3, -0.25) is 0 Å². The predicted octanol–water partition coefficient (Wildman–Crippen LogP) is 4.47. The molecule has 0 bridgehead atoms. The fraction of sp³-hybridized carbons (Fsp3) is 0.111. The Bertz CT molecular complexity index is 806. The van der Waals surface area contributed by atoms with E-state index in [4.69, 9.17) is 5.73 Å². The molecule has 1 nitrogen and oxygen atoms in total. The van der Waals surface area contributed by atoms with Crippen LogP contribution in [0, 0.1) is 18.6 Å². The quantitative estimate of drug-likeness (QED) is 0.737. The number of rotatable bonds is 2. The first-order valence-electron chi connectivity index (χ1n) is 6.76. The summed E-state index contributed by atoms with van der Waals surface area (Å²) in [5.41, 5.74) is 7.44. The van der Waals surface area contributed by atoms with Gasteiger partial charge >= 0.3 is 0 Å². The van der Waals surface area contributed by atoms with Crippen molar-refractivity contribution in [2.24, 2.45) is 5.73 Å². The van der Waals surface area contributed by atoms with Gasteiger partial charge in [0.25, 0.3) is 0 Å². The van der Waals surface area contributed by atoms with Gasteiger partial charge in [0.2, 0.25) is 0 Å². The molecule has 3 aromatic carbocycles. The number of fused-ring (bicyclic) bond motifs is 1. The van der Waals surface area contributed by atoms with Crippen molar-refractivity contribution in [3.63, 3.8) is 0 Å². The van der Waals surface area contributed by atoms with Crippen LogP contribution in [-0.4, -0.2) is 0 Å². The summed E-state index contributed by atoms with van der Waals surface area (Å²) in [5.74, 6) is -0.920. The normalized spacial score (nSPS) is 12.6. The highest BCUT2D eigenvalue weighted by atomic mass is 19.1. The van der Waals surface area contributed by atoms with E-state index in [0.717, 1.165) is 16.3 Å². The first kappa shape index (κ1) is 13.7. The van der Waals surface area contributed by atoms with Crippen molar-refractivity contribution < 1.29 is 8.78 Å². The molecule has 0 aromatic heterocycles. The summed E-state index contributed by atoms with van der Waals surface area (Å²) in [4.78, 5) is 0. The van der Waals surface area contributed by atoms with E-state index < -0.39 is 17.7 Å². The van der Waals surface area contributed by atoms with Crippen molar-refractivity contribution in [2.75, 3.05) is 0 Å². The van der Waals surface area contributed by atoms with Crippen LogP contribution in [0.15, 0.2) is 54.6 Å². The van der Waals surface area contributed by atoms with Gasteiger partial charge in [-0.15, -0.1) is 0 Å². The summed E-state index contributed by atoms with van der Waals surface area (Å²) >= 11 is 0. The molecule has 3 heteroatoms. The van der Waals surface area contributed by atoms with Crippen LogP contribution in [-0.2, 0) is 0 Å². The zero-order chi connectivity index (χ0) is 15.0. The van der Waals surface area contributed by atoms with Gasteiger partial charge in [0.1, 0.15) is 11.6 Å². The molecule has 0 heterocycles. The minimum Gasteiger partial charge on any atom is -0.320 e. The van der Waals surface area contributed by atoms with E-state index in [2.05, 4.69) is 0 Å². The lowest BCUT2D eigenvalue weighted by molar-refractivity contribution is 0.571. The predicted molar refractivity (Wildman–Crippen MR) is 81.1 cm³/mol. The molecular formula is C18H15F2N. The topological polar surface area (TPSA) is 26.0 Å². The third-order valence-corrected chi connectivity index (χ3v) is 3.77. The Morgan fingerprint density at radius 3 is 2.38 bits per heavy atom. The molecule has 0 saturated heterocycles. The van der Waals surface area contributed by atoms with Gasteiger partial charge in [0.05, 0.1) is 6.04 Å². The Kier molecular flexibility index (Phi) is 3.43. The fourth-order valence-corrected chi connectivity index (χ4v) is 2.59. The number of hydrogen-bond donors (Lipinski definition) is 1. The second kappa shape index (κ2) is 5.26. The monoisotopic (exact) mass is 283 g/mol. The van der Waals surface area contributed by atoms with Crippen LogP contribution in [0.3, 0.4) is 0 Å². The number of halogens is 2. The summed E-state index contributed by atoms with van der Waals surface area (Å²) in [7, 11) is 0. The van der Waals surface area contributed by atoms with Gasteiger partial charge in [-0.05, 0) is 41.0 Å². The fourth-order valence-electron chi connectivity index (χ4n) is 2.59. The molecule has 0 spiro atoms. The van der Waals surface area contributed by atoms with Crippen molar-refractivity contribution in [2.45, 2.75) is 13.0 Å². The lowest BCUT2D eigenvalue weighted by Crippen LogP contribution is -2.14. The van der Waals surface area contributed by atoms with Crippen LogP contribution in [0.1, 0.15) is 22.7 Å². The third kappa shape index (κ3) is 2.41. The standard InChI is InChI=1S/C18H15F2N/c1-11-9-17(20)15(10-16(11)19)18(21)14-8-4-6-12-5-2-3-7-13(12)14/h2-10,18H,21H2,1H3. The second-order valence-electron chi connectivity index (χ2n) is 5.17. The van der Waals surface area contributed by atoms with Crippen LogP contribution >= 0.6 is 0 Å². The number of benzene rings is 3. The largest absolute Gasteiger partial charge is 0.320 e. The van der Waals surface area contributed by atoms with Crippen LogP contribution in [0.2, 0.25) is 0 Å². The minimum absolute atomic E-state index is 0.175. The molecule has 0 aliphatic heterocycles.